The van der Waals surface area contributed by atoms with Crippen molar-refractivity contribution in [2.24, 2.45) is 5.92 Å². The van der Waals surface area contributed by atoms with Crippen LogP contribution < -0.4 is 10.2 Å². The van der Waals surface area contributed by atoms with E-state index >= 15 is 0 Å². The van der Waals surface area contributed by atoms with Gasteiger partial charge in [-0.1, -0.05) is 19.1 Å². The highest BCUT2D eigenvalue weighted by molar-refractivity contribution is 6.00. The third kappa shape index (κ3) is 3.24. The molecule has 7 heteroatoms. The van der Waals surface area contributed by atoms with Crippen LogP contribution in [0.25, 0.3) is 0 Å². The second kappa shape index (κ2) is 6.55. The first-order chi connectivity index (χ1) is 10.4. The van der Waals surface area contributed by atoms with Crippen molar-refractivity contribution < 1.29 is 23.9 Å². The number of aliphatic carboxylic acids is 1. The summed E-state index contributed by atoms with van der Waals surface area (Å²) in [5, 5.41) is 11.3. The Bertz CT molecular complexity index is 605. The van der Waals surface area contributed by atoms with Gasteiger partial charge >= 0.3 is 5.97 Å². The Labute approximate surface area is 126 Å². The molecule has 2 rings (SSSR count). The van der Waals surface area contributed by atoms with Gasteiger partial charge in [-0.05, 0) is 18.6 Å². The summed E-state index contributed by atoms with van der Waals surface area (Å²) in [7, 11) is 0. The highest BCUT2D eigenvalue weighted by Gasteiger charge is 2.37. The number of carbonyl (C=O) groups is 3. The van der Waals surface area contributed by atoms with Crippen molar-refractivity contribution >= 4 is 23.5 Å². The molecule has 2 amide bonds. The predicted molar refractivity (Wildman–Crippen MR) is 76.7 cm³/mol. The zero-order chi connectivity index (χ0) is 16.3. The maximum atomic E-state index is 13.7. The Balaban J connectivity index is 2.08. The Morgan fingerprint density at radius 3 is 2.73 bits per heavy atom. The summed E-state index contributed by atoms with van der Waals surface area (Å²) in [6.07, 6.45) is 0.189. The summed E-state index contributed by atoms with van der Waals surface area (Å²) < 4.78 is 13.7. The van der Waals surface area contributed by atoms with Crippen molar-refractivity contribution in [2.45, 2.75) is 25.8 Å². The van der Waals surface area contributed by atoms with E-state index in [1.807, 2.05) is 0 Å². The first kappa shape index (κ1) is 15.9. The molecule has 1 aliphatic rings. The molecular weight excluding hydrogens is 291 g/mol. The number of nitrogens with zero attached hydrogens (tertiary/aromatic N) is 1. The fraction of sp³-hybridized carbons (Fsp3) is 0.400. The van der Waals surface area contributed by atoms with Crippen LogP contribution in [0.5, 0.6) is 0 Å². The minimum Gasteiger partial charge on any atom is -0.480 e. The van der Waals surface area contributed by atoms with Gasteiger partial charge in [-0.25, -0.2) is 9.18 Å². The number of carbonyl (C=O) groups excluding carboxylic acids is 2. The average Bonchev–Trinajstić information content (AvgIpc) is 2.86. The van der Waals surface area contributed by atoms with Gasteiger partial charge in [0.25, 0.3) is 0 Å². The molecule has 0 aromatic heterocycles. The summed E-state index contributed by atoms with van der Waals surface area (Å²) >= 11 is 0. The van der Waals surface area contributed by atoms with Gasteiger partial charge in [0.1, 0.15) is 11.9 Å². The zero-order valence-corrected chi connectivity index (χ0v) is 12.1. The molecule has 0 spiro atoms. The molecule has 1 fully saturated rings. The largest absolute Gasteiger partial charge is 0.480 e. The first-order valence-electron chi connectivity index (χ1n) is 7.02. The molecule has 118 valence electrons. The molecule has 1 aliphatic heterocycles. The van der Waals surface area contributed by atoms with E-state index in [4.69, 9.17) is 5.11 Å². The smallest absolute Gasteiger partial charge is 0.326 e. The van der Waals surface area contributed by atoms with E-state index in [1.165, 1.54) is 23.1 Å². The molecule has 1 saturated heterocycles. The summed E-state index contributed by atoms with van der Waals surface area (Å²) in [5.41, 5.74) is 0.132. The Morgan fingerprint density at radius 2 is 2.14 bits per heavy atom. The normalized spacial score (nSPS) is 19.1. The van der Waals surface area contributed by atoms with Crippen molar-refractivity contribution in [2.75, 3.05) is 11.4 Å². The van der Waals surface area contributed by atoms with E-state index in [9.17, 15) is 18.8 Å². The lowest BCUT2D eigenvalue weighted by molar-refractivity contribution is -0.142. The molecule has 1 aromatic carbocycles. The third-order valence-electron chi connectivity index (χ3n) is 3.66. The van der Waals surface area contributed by atoms with Crippen LogP contribution in [0.3, 0.4) is 0 Å². The fourth-order valence-corrected chi connectivity index (χ4v) is 2.41. The minimum atomic E-state index is -1.12. The highest BCUT2D eigenvalue weighted by Crippen LogP contribution is 2.27. The van der Waals surface area contributed by atoms with E-state index in [0.29, 0.717) is 0 Å². The lowest BCUT2D eigenvalue weighted by atomic mass is 10.1. The molecule has 1 heterocycles. The molecule has 6 nitrogen and oxygen atoms in total. The van der Waals surface area contributed by atoms with E-state index in [1.54, 1.807) is 13.0 Å². The van der Waals surface area contributed by atoms with E-state index < -0.39 is 29.7 Å². The van der Waals surface area contributed by atoms with Crippen molar-refractivity contribution in [3.05, 3.63) is 30.1 Å². The molecule has 1 aromatic rings. The molecule has 22 heavy (non-hydrogen) atoms. The molecular formula is C15H17FN2O4. The van der Waals surface area contributed by atoms with Gasteiger partial charge < -0.3 is 15.3 Å². The second-order valence-electron chi connectivity index (χ2n) is 5.16. The number of anilines is 1. The lowest BCUT2D eigenvalue weighted by Crippen LogP contribution is -2.43. The van der Waals surface area contributed by atoms with Crippen molar-refractivity contribution in [1.82, 2.24) is 5.32 Å². The second-order valence-corrected chi connectivity index (χ2v) is 5.16. The molecule has 0 saturated carbocycles. The molecule has 0 radical (unpaired) electrons. The maximum Gasteiger partial charge on any atom is 0.326 e. The topological polar surface area (TPSA) is 86.7 Å². The first-order valence-corrected chi connectivity index (χ1v) is 7.02. The van der Waals surface area contributed by atoms with Gasteiger partial charge in [-0.15, -0.1) is 0 Å². The Hall–Kier alpha value is -2.44. The minimum absolute atomic E-state index is 0.0433. The van der Waals surface area contributed by atoms with Crippen molar-refractivity contribution in [3.63, 3.8) is 0 Å². The SMILES string of the molecule is CCC(NC(=O)C1CC(=O)N(c2ccccc2F)C1)C(=O)O. The Morgan fingerprint density at radius 1 is 1.45 bits per heavy atom. The van der Waals surface area contributed by atoms with Gasteiger partial charge in [0.2, 0.25) is 11.8 Å². The summed E-state index contributed by atoms with van der Waals surface area (Å²) in [6, 6.07) is 4.86. The van der Waals surface area contributed by atoms with Crippen LogP contribution in [0.2, 0.25) is 0 Å². The van der Waals surface area contributed by atoms with Crippen LogP contribution in [-0.2, 0) is 14.4 Å². The number of nitrogens with one attached hydrogen (secondary N) is 1. The third-order valence-corrected chi connectivity index (χ3v) is 3.66. The van der Waals surface area contributed by atoms with Crippen LogP contribution in [0.15, 0.2) is 24.3 Å². The Kier molecular flexibility index (Phi) is 4.75. The number of amides is 2. The van der Waals surface area contributed by atoms with E-state index in [-0.39, 0.29) is 31.0 Å². The van der Waals surface area contributed by atoms with E-state index in [2.05, 4.69) is 5.32 Å². The number of rotatable bonds is 5. The molecule has 0 aliphatic carbocycles. The van der Waals surface area contributed by atoms with Gasteiger partial charge in [-0.2, -0.15) is 0 Å². The number of para-hydroxylation sites is 1. The van der Waals surface area contributed by atoms with Gasteiger partial charge in [-0.3, -0.25) is 9.59 Å². The highest BCUT2D eigenvalue weighted by atomic mass is 19.1. The van der Waals surface area contributed by atoms with Gasteiger partial charge in [0.15, 0.2) is 0 Å². The van der Waals surface area contributed by atoms with Gasteiger partial charge in [0.05, 0.1) is 11.6 Å². The monoisotopic (exact) mass is 308 g/mol. The fourth-order valence-electron chi connectivity index (χ4n) is 2.41. The van der Waals surface area contributed by atoms with Crippen LogP contribution in [-0.4, -0.2) is 35.5 Å². The van der Waals surface area contributed by atoms with Crippen LogP contribution in [0, 0.1) is 11.7 Å². The van der Waals surface area contributed by atoms with Gasteiger partial charge in [0, 0.05) is 13.0 Å². The predicted octanol–water partition coefficient (Wildman–Crippen LogP) is 1.16. The molecule has 0 bridgehead atoms. The number of halogens is 1. The van der Waals surface area contributed by atoms with Crippen LogP contribution in [0.1, 0.15) is 19.8 Å². The molecule has 2 atom stereocenters. The molecule has 2 unspecified atom stereocenters. The number of benzene rings is 1. The number of carboxylic acids is 1. The quantitative estimate of drug-likeness (QED) is 0.854. The standard InChI is InChI=1S/C15H17FN2O4/c1-2-11(15(21)22)17-14(20)9-7-13(19)18(8-9)12-6-4-3-5-10(12)16/h3-6,9,11H,2,7-8H2,1H3,(H,17,20)(H,21,22). The number of carboxylic acid groups (broad SMARTS) is 1. The number of hydrogen-bond acceptors (Lipinski definition) is 3. The van der Waals surface area contributed by atoms with Crippen LogP contribution >= 0.6 is 0 Å². The lowest BCUT2D eigenvalue weighted by Gasteiger charge is -2.18. The average molecular weight is 308 g/mol. The van der Waals surface area contributed by atoms with Crippen molar-refractivity contribution in [1.29, 1.82) is 0 Å². The number of hydrogen-bond donors (Lipinski definition) is 2. The summed E-state index contributed by atoms with van der Waals surface area (Å²) in [5.74, 6) is -3.18. The molecule has 2 N–H and O–H groups in total. The van der Waals surface area contributed by atoms with E-state index in [0.717, 1.165) is 0 Å². The van der Waals surface area contributed by atoms with Crippen molar-refractivity contribution in [3.8, 4) is 0 Å². The zero-order valence-electron chi connectivity index (χ0n) is 12.1. The van der Waals surface area contributed by atoms with Crippen LogP contribution in [0.4, 0.5) is 10.1 Å². The summed E-state index contributed by atoms with van der Waals surface area (Å²) in [4.78, 5) is 36.2. The maximum absolute atomic E-state index is 13.7. The summed E-state index contributed by atoms with van der Waals surface area (Å²) in [6.45, 7) is 1.69.